The van der Waals surface area contributed by atoms with Crippen molar-refractivity contribution in [2.75, 3.05) is 10.8 Å². The maximum absolute atomic E-state index is 14.9. The van der Waals surface area contributed by atoms with Gasteiger partial charge in [0.05, 0.1) is 23.2 Å². The van der Waals surface area contributed by atoms with E-state index in [1.54, 1.807) is 19.1 Å². The van der Waals surface area contributed by atoms with Crippen LogP contribution >= 0.6 is 11.6 Å². The third-order valence-corrected chi connectivity index (χ3v) is 7.57. The number of anilines is 1. The first-order chi connectivity index (χ1) is 16.6. The first-order valence-electron chi connectivity index (χ1n) is 10.7. The zero-order valence-electron chi connectivity index (χ0n) is 19.0. The lowest BCUT2D eigenvalue weighted by Crippen LogP contribution is -2.35. The van der Waals surface area contributed by atoms with Gasteiger partial charge in [0, 0.05) is 11.1 Å². The van der Waals surface area contributed by atoms with Crippen LogP contribution in [0.4, 0.5) is 14.5 Å². The molecule has 0 aliphatic carbocycles. The number of sulfonamides is 1. The molecule has 0 saturated heterocycles. The van der Waals surface area contributed by atoms with Crippen LogP contribution in [-0.4, -0.2) is 26.4 Å². The Morgan fingerprint density at radius 2 is 1.77 bits per heavy atom. The normalized spacial score (nSPS) is 12.6. The van der Waals surface area contributed by atoms with Crippen LogP contribution in [0.3, 0.4) is 0 Å². The summed E-state index contributed by atoms with van der Waals surface area (Å²) < 4.78 is 57.5. The first kappa shape index (κ1) is 26.4. The van der Waals surface area contributed by atoms with Crippen LogP contribution in [0.5, 0.6) is 0 Å². The van der Waals surface area contributed by atoms with Gasteiger partial charge in [-0.05, 0) is 67.3 Å². The Kier molecular flexibility index (Phi) is 8.66. The standard InChI is InChI=1S/C24H26ClF2N5O2S/c1-17(22-7-3-2-5-18(22)6-4-14-31(29)30-16-28)32(24-15-20(26)10-13-23(24)27)35(33,34)21-11-8-19(25)9-12-21/h2-3,5,7-13,15-17H,4,6,14,29H2,1H3,(H2,28,30). The van der Waals surface area contributed by atoms with E-state index in [0.717, 1.165) is 34.4 Å². The number of aryl methyl sites for hydroxylation is 1. The molecule has 7 nitrogen and oxygen atoms in total. The van der Waals surface area contributed by atoms with Crippen molar-refractivity contribution >= 4 is 33.7 Å². The van der Waals surface area contributed by atoms with Crippen LogP contribution in [0.25, 0.3) is 0 Å². The summed E-state index contributed by atoms with van der Waals surface area (Å²) in [6, 6.07) is 14.6. The molecule has 35 heavy (non-hydrogen) atoms. The predicted octanol–water partition coefficient (Wildman–Crippen LogP) is 4.59. The molecule has 0 bridgehead atoms. The minimum atomic E-state index is -4.31. The van der Waals surface area contributed by atoms with Crippen molar-refractivity contribution in [2.45, 2.75) is 30.7 Å². The number of hydrogen-bond acceptors (Lipinski definition) is 5. The second-order valence-corrected chi connectivity index (χ2v) is 10.0. The van der Waals surface area contributed by atoms with Gasteiger partial charge in [0.15, 0.2) is 0 Å². The second kappa shape index (κ2) is 11.5. The maximum atomic E-state index is 14.9. The van der Waals surface area contributed by atoms with E-state index in [1.807, 2.05) is 12.1 Å². The molecule has 4 N–H and O–H groups in total. The fourth-order valence-electron chi connectivity index (χ4n) is 3.79. The third kappa shape index (κ3) is 6.27. The molecule has 3 aromatic carbocycles. The third-order valence-electron chi connectivity index (χ3n) is 5.42. The zero-order chi connectivity index (χ0) is 25.6. The van der Waals surface area contributed by atoms with Gasteiger partial charge in [-0.1, -0.05) is 35.9 Å². The number of nitrogens with two attached hydrogens (primary N) is 2. The SMILES string of the molecule is CC(c1ccccc1CCCN(N)/N=C/N)N(c1cc(F)ccc1F)S(=O)(=O)c1ccc(Cl)cc1. The number of benzene rings is 3. The highest BCUT2D eigenvalue weighted by atomic mass is 35.5. The molecule has 3 aromatic rings. The Morgan fingerprint density at radius 1 is 1.09 bits per heavy atom. The van der Waals surface area contributed by atoms with Gasteiger partial charge in [-0.3, -0.25) is 4.31 Å². The van der Waals surface area contributed by atoms with Gasteiger partial charge in [0.1, 0.15) is 18.0 Å². The maximum Gasteiger partial charge on any atom is 0.264 e. The molecule has 11 heteroatoms. The molecule has 0 saturated carbocycles. The van der Waals surface area contributed by atoms with Gasteiger partial charge < -0.3 is 5.73 Å². The molecule has 3 rings (SSSR count). The Hall–Kier alpha value is -3.21. The summed E-state index contributed by atoms with van der Waals surface area (Å²) in [4.78, 5) is -0.103. The quantitative estimate of drug-likeness (QED) is 0.176. The van der Waals surface area contributed by atoms with Gasteiger partial charge >= 0.3 is 0 Å². The van der Waals surface area contributed by atoms with Crippen LogP contribution < -0.4 is 15.9 Å². The van der Waals surface area contributed by atoms with Crippen LogP contribution in [-0.2, 0) is 16.4 Å². The van der Waals surface area contributed by atoms with Crippen molar-refractivity contribution in [1.29, 1.82) is 0 Å². The summed E-state index contributed by atoms with van der Waals surface area (Å²) in [6.07, 6.45) is 2.22. The highest BCUT2D eigenvalue weighted by molar-refractivity contribution is 7.92. The topological polar surface area (TPSA) is 105 Å². The monoisotopic (exact) mass is 521 g/mol. The fourth-order valence-corrected chi connectivity index (χ4v) is 5.55. The molecule has 1 atom stereocenters. The molecule has 1 unspecified atom stereocenters. The molecule has 0 aliphatic heterocycles. The van der Waals surface area contributed by atoms with Crippen molar-refractivity contribution in [3.63, 3.8) is 0 Å². The van der Waals surface area contributed by atoms with Crippen molar-refractivity contribution in [3.05, 3.63) is 94.5 Å². The number of halogens is 3. The van der Waals surface area contributed by atoms with E-state index < -0.39 is 33.4 Å². The Labute approximate surface area is 208 Å². The summed E-state index contributed by atoms with van der Waals surface area (Å²) in [5.41, 5.74) is 6.32. The molecular weight excluding hydrogens is 496 g/mol. The van der Waals surface area contributed by atoms with Crippen LogP contribution in [0.2, 0.25) is 5.02 Å². The minimum absolute atomic E-state index is 0.103. The van der Waals surface area contributed by atoms with Gasteiger partial charge in [-0.25, -0.2) is 28.2 Å². The summed E-state index contributed by atoms with van der Waals surface area (Å²) >= 11 is 5.93. The molecular formula is C24H26ClF2N5O2S. The van der Waals surface area contributed by atoms with Crippen LogP contribution in [0.1, 0.15) is 30.5 Å². The number of hydrogen-bond donors (Lipinski definition) is 2. The average molecular weight is 522 g/mol. The molecule has 0 amide bonds. The lowest BCUT2D eigenvalue weighted by molar-refractivity contribution is 0.296. The zero-order valence-corrected chi connectivity index (χ0v) is 20.6. The fraction of sp³-hybridized carbons (Fsp3) is 0.208. The lowest BCUT2D eigenvalue weighted by atomic mass is 9.97. The van der Waals surface area contributed by atoms with Crippen LogP contribution in [0.15, 0.2) is 76.7 Å². The summed E-state index contributed by atoms with van der Waals surface area (Å²) in [5.74, 6) is 4.08. The molecule has 0 aliphatic rings. The minimum Gasteiger partial charge on any atom is -0.388 e. The Balaban J connectivity index is 2.07. The molecule has 0 fully saturated rings. The smallest absolute Gasteiger partial charge is 0.264 e. The highest BCUT2D eigenvalue weighted by Gasteiger charge is 2.33. The Morgan fingerprint density at radius 3 is 2.46 bits per heavy atom. The second-order valence-electron chi connectivity index (χ2n) is 7.76. The molecule has 186 valence electrons. The van der Waals surface area contributed by atoms with Gasteiger partial charge in [0.25, 0.3) is 10.0 Å². The average Bonchev–Trinajstić information content (AvgIpc) is 2.82. The van der Waals surface area contributed by atoms with Gasteiger partial charge in [-0.2, -0.15) is 5.10 Å². The van der Waals surface area contributed by atoms with Crippen molar-refractivity contribution in [2.24, 2.45) is 16.7 Å². The van der Waals surface area contributed by atoms with E-state index in [-0.39, 0.29) is 4.90 Å². The number of hydrazone groups is 1. The summed E-state index contributed by atoms with van der Waals surface area (Å²) in [5, 5.41) is 5.31. The largest absolute Gasteiger partial charge is 0.388 e. The van der Waals surface area contributed by atoms with E-state index in [9.17, 15) is 17.2 Å². The summed E-state index contributed by atoms with van der Waals surface area (Å²) in [6.45, 7) is 2.03. The molecule has 0 aromatic heterocycles. The molecule has 0 radical (unpaired) electrons. The van der Waals surface area contributed by atoms with Crippen molar-refractivity contribution < 1.29 is 17.2 Å². The van der Waals surface area contributed by atoms with Crippen molar-refractivity contribution in [3.8, 4) is 0 Å². The van der Waals surface area contributed by atoms with E-state index in [4.69, 9.17) is 23.2 Å². The number of rotatable bonds is 10. The van der Waals surface area contributed by atoms with E-state index >= 15 is 0 Å². The van der Waals surface area contributed by atoms with Gasteiger partial charge in [0.2, 0.25) is 0 Å². The van der Waals surface area contributed by atoms with E-state index in [1.165, 1.54) is 29.4 Å². The van der Waals surface area contributed by atoms with E-state index in [0.29, 0.717) is 30.0 Å². The van der Waals surface area contributed by atoms with Crippen LogP contribution in [0, 0.1) is 11.6 Å². The Bertz CT molecular complexity index is 1290. The summed E-state index contributed by atoms with van der Waals surface area (Å²) in [7, 11) is -4.31. The van der Waals surface area contributed by atoms with E-state index in [2.05, 4.69) is 5.10 Å². The highest BCUT2D eigenvalue weighted by Crippen LogP contribution is 2.37. The molecule has 0 spiro atoms. The molecule has 0 heterocycles. The first-order valence-corrected chi connectivity index (χ1v) is 12.6. The van der Waals surface area contributed by atoms with Crippen molar-refractivity contribution in [1.82, 2.24) is 5.12 Å². The predicted molar refractivity (Wildman–Crippen MR) is 134 cm³/mol. The number of hydrazine groups is 1. The lowest BCUT2D eigenvalue weighted by Gasteiger charge is -2.32. The number of nitrogens with zero attached hydrogens (tertiary/aromatic N) is 3. The van der Waals surface area contributed by atoms with Gasteiger partial charge in [-0.15, -0.1) is 0 Å².